The first-order valence-corrected chi connectivity index (χ1v) is 6.66. The van der Waals surface area contributed by atoms with E-state index in [0.717, 1.165) is 18.4 Å². The van der Waals surface area contributed by atoms with Crippen molar-refractivity contribution in [2.24, 2.45) is 0 Å². The van der Waals surface area contributed by atoms with Gasteiger partial charge < -0.3 is 10.1 Å². The summed E-state index contributed by atoms with van der Waals surface area (Å²) in [4.78, 5) is 11.7. The summed E-state index contributed by atoms with van der Waals surface area (Å²) >= 11 is 0. The molecule has 1 amide bonds. The highest BCUT2D eigenvalue weighted by Gasteiger charge is 2.10. The highest BCUT2D eigenvalue weighted by Crippen LogP contribution is 2.09. The third-order valence-corrected chi connectivity index (χ3v) is 2.68. The summed E-state index contributed by atoms with van der Waals surface area (Å²) in [6.07, 6.45) is 1.94. The Morgan fingerprint density at radius 1 is 1.37 bits per heavy atom. The minimum absolute atomic E-state index is 0.101. The number of hydrogen-bond donors (Lipinski definition) is 1. The second kappa shape index (κ2) is 7.89. The summed E-state index contributed by atoms with van der Waals surface area (Å²) < 4.78 is 18.9. The van der Waals surface area contributed by atoms with Crippen molar-refractivity contribution in [3.05, 3.63) is 35.1 Å². The largest absolute Gasteiger partial charge is 0.379 e. The number of benzene rings is 1. The molecule has 0 radical (unpaired) electrons. The topological polar surface area (TPSA) is 38.3 Å². The lowest BCUT2D eigenvalue weighted by molar-refractivity contribution is 0.0754. The van der Waals surface area contributed by atoms with Gasteiger partial charge in [-0.15, -0.1) is 0 Å². The number of amides is 1. The van der Waals surface area contributed by atoms with Crippen LogP contribution in [0, 0.1) is 12.7 Å². The van der Waals surface area contributed by atoms with E-state index in [-0.39, 0.29) is 17.6 Å². The number of nitrogens with one attached hydrogen (secondary N) is 1. The lowest BCUT2D eigenvalue weighted by Gasteiger charge is -2.08. The lowest BCUT2D eigenvalue weighted by atomic mass is 10.1. The first-order valence-electron chi connectivity index (χ1n) is 6.66. The van der Waals surface area contributed by atoms with E-state index in [2.05, 4.69) is 5.32 Å². The number of carbonyl (C=O) groups excluding carboxylic acids is 1. The molecule has 1 rings (SSSR count). The lowest BCUT2D eigenvalue weighted by Crippen LogP contribution is -2.25. The Hall–Kier alpha value is -1.42. The summed E-state index contributed by atoms with van der Waals surface area (Å²) in [6, 6.07) is 4.61. The zero-order valence-electron chi connectivity index (χ0n) is 11.8. The van der Waals surface area contributed by atoms with Gasteiger partial charge in [-0.25, -0.2) is 4.39 Å². The van der Waals surface area contributed by atoms with Crippen molar-refractivity contribution in [3.8, 4) is 0 Å². The molecule has 0 fully saturated rings. The van der Waals surface area contributed by atoms with E-state index >= 15 is 0 Å². The van der Waals surface area contributed by atoms with Crippen molar-refractivity contribution in [2.45, 2.75) is 39.7 Å². The fourth-order valence-electron chi connectivity index (χ4n) is 1.65. The van der Waals surface area contributed by atoms with E-state index in [4.69, 9.17) is 4.74 Å². The number of unbranched alkanes of at least 4 members (excludes halogenated alkanes) is 1. The van der Waals surface area contributed by atoms with Gasteiger partial charge in [0.2, 0.25) is 0 Å². The number of rotatable bonds is 7. The van der Waals surface area contributed by atoms with Crippen LogP contribution in [-0.2, 0) is 4.74 Å². The molecule has 1 N–H and O–H groups in total. The molecule has 0 saturated heterocycles. The zero-order chi connectivity index (χ0) is 14.3. The minimum Gasteiger partial charge on any atom is -0.379 e. The van der Waals surface area contributed by atoms with Crippen LogP contribution >= 0.6 is 0 Å². The Kier molecular flexibility index (Phi) is 6.50. The van der Waals surface area contributed by atoms with Gasteiger partial charge in [0.15, 0.2) is 0 Å². The number of carbonyl (C=O) groups is 1. The number of aryl methyl sites for hydroxylation is 1. The van der Waals surface area contributed by atoms with Crippen molar-refractivity contribution in [3.63, 3.8) is 0 Å². The predicted molar refractivity (Wildman–Crippen MR) is 73.8 cm³/mol. The van der Waals surface area contributed by atoms with Crippen LogP contribution in [0.25, 0.3) is 0 Å². The van der Waals surface area contributed by atoms with E-state index in [1.807, 2.05) is 13.8 Å². The minimum atomic E-state index is -0.472. The van der Waals surface area contributed by atoms with Crippen LogP contribution in [0.1, 0.15) is 42.6 Å². The molecular formula is C15H22FNO2. The highest BCUT2D eigenvalue weighted by molar-refractivity contribution is 5.94. The van der Waals surface area contributed by atoms with Gasteiger partial charge in [0.1, 0.15) is 5.82 Å². The van der Waals surface area contributed by atoms with Crippen LogP contribution in [-0.4, -0.2) is 25.2 Å². The Labute approximate surface area is 114 Å². The normalized spacial score (nSPS) is 10.8. The number of hydrogen-bond acceptors (Lipinski definition) is 2. The molecule has 0 saturated carbocycles. The summed E-state index contributed by atoms with van der Waals surface area (Å²) in [5, 5.41) is 2.71. The van der Waals surface area contributed by atoms with Gasteiger partial charge in [-0.2, -0.15) is 0 Å². The molecular weight excluding hydrogens is 245 g/mol. The maximum Gasteiger partial charge on any atom is 0.254 e. The number of ether oxygens (including phenoxy) is 1. The van der Waals surface area contributed by atoms with Gasteiger partial charge in [-0.05, 0) is 51.3 Å². The summed E-state index contributed by atoms with van der Waals surface area (Å²) in [6.45, 7) is 6.99. The van der Waals surface area contributed by atoms with Crippen LogP contribution < -0.4 is 5.32 Å². The molecule has 1 aromatic carbocycles. The van der Waals surface area contributed by atoms with Gasteiger partial charge in [-0.3, -0.25) is 4.79 Å². The molecule has 0 aliphatic heterocycles. The standard InChI is InChI=1S/C15H22FNO2/c1-11(2)19-9-5-4-8-17-15(18)13-7-6-12(3)10-14(13)16/h6-7,10-11H,4-5,8-9H2,1-3H3,(H,17,18). The average molecular weight is 267 g/mol. The first kappa shape index (κ1) is 15.6. The van der Waals surface area contributed by atoms with E-state index in [9.17, 15) is 9.18 Å². The van der Waals surface area contributed by atoms with Crippen LogP contribution in [0.5, 0.6) is 0 Å². The van der Waals surface area contributed by atoms with Crippen molar-refractivity contribution in [1.29, 1.82) is 0 Å². The Morgan fingerprint density at radius 3 is 2.74 bits per heavy atom. The van der Waals surface area contributed by atoms with Crippen molar-refractivity contribution in [1.82, 2.24) is 5.32 Å². The molecule has 0 bridgehead atoms. The third kappa shape index (κ3) is 5.83. The Morgan fingerprint density at radius 2 is 2.11 bits per heavy atom. The number of halogens is 1. The molecule has 1 aromatic rings. The quantitative estimate of drug-likeness (QED) is 0.771. The van der Waals surface area contributed by atoms with E-state index < -0.39 is 5.82 Å². The molecule has 0 unspecified atom stereocenters. The van der Waals surface area contributed by atoms with Crippen molar-refractivity contribution in [2.75, 3.05) is 13.2 Å². The molecule has 0 aliphatic carbocycles. The zero-order valence-corrected chi connectivity index (χ0v) is 11.8. The highest BCUT2D eigenvalue weighted by atomic mass is 19.1. The molecule has 3 nitrogen and oxygen atoms in total. The van der Waals surface area contributed by atoms with E-state index in [0.29, 0.717) is 13.2 Å². The van der Waals surface area contributed by atoms with E-state index in [1.54, 1.807) is 13.0 Å². The average Bonchev–Trinajstić information content (AvgIpc) is 2.32. The van der Waals surface area contributed by atoms with Crippen LogP contribution in [0.4, 0.5) is 4.39 Å². The second-order valence-corrected chi connectivity index (χ2v) is 4.87. The maximum absolute atomic E-state index is 13.5. The van der Waals surface area contributed by atoms with Gasteiger partial charge >= 0.3 is 0 Å². The van der Waals surface area contributed by atoms with Crippen LogP contribution in [0.15, 0.2) is 18.2 Å². The second-order valence-electron chi connectivity index (χ2n) is 4.87. The Balaban J connectivity index is 2.28. The summed E-state index contributed by atoms with van der Waals surface area (Å²) in [7, 11) is 0. The molecule has 0 aliphatic rings. The summed E-state index contributed by atoms with van der Waals surface area (Å²) in [5.74, 6) is -0.831. The molecule has 0 spiro atoms. The fraction of sp³-hybridized carbons (Fsp3) is 0.533. The monoisotopic (exact) mass is 267 g/mol. The SMILES string of the molecule is Cc1ccc(C(=O)NCCCCOC(C)C)c(F)c1. The van der Waals surface area contributed by atoms with Gasteiger partial charge in [0, 0.05) is 13.2 Å². The van der Waals surface area contributed by atoms with Crippen molar-refractivity contribution >= 4 is 5.91 Å². The third-order valence-electron chi connectivity index (χ3n) is 2.68. The smallest absolute Gasteiger partial charge is 0.254 e. The van der Waals surface area contributed by atoms with E-state index in [1.165, 1.54) is 12.1 Å². The van der Waals surface area contributed by atoms with Crippen LogP contribution in [0.3, 0.4) is 0 Å². The predicted octanol–water partition coefficient (Wildman–Crippen LogP) is 3.07. The summed E-state index contributed by atoms with van der Waals surface area (Å²) in [5.41, 5.74) is 0.906. The molecule has 19 heavy (non-hydrogen) atoms. The van der Waals surface area contributed by atoms with Gasteiger partial charge in [-0.1, -0.05) is 6.07 Å². The molecule has 4 heteroatoms. The first-order chi connectivity index (χ1) is 9.00. The maximum atomic E-state index is 13.5. The van der Waals surface area contributed by atoms with Crippen LogP contribution in [0.2, 0.25) is 0 Å². The molecule has 0 aromatic heterocycles. The van der Waals surface area contributed by atoms with Gasteiger partial charge in [0.05, 0.1) is 11.7 Å². The molecule has 0 atom stereocenters. The fourth-order valence-corrected chi connectivity index (χ4v) is 1.65. The molecule has 0 heterocycles. The van der Waals surface area contributed by atoms with Gasteiger partial charge in [0.25, 0.3) is 5.91 Å². The Bertz CT molecular complexity index is 419. The van der Waals surface area contributed by atoms with Crippen molar-refractivity contribution < 1.29 is 13.9 Å². The molecule has 106 valence electrons.